The van der Waals surface area contributed by atoms with Gasteiger partial charge in [0, 0.05) is 29.6 Å². The molecule has 114 valence electrons. The maximum Gasteiger partial charge on any atom is 0.123 e. The molecule has 0 saturated heterocycles. The first-order chi connectivity index (χ1) is 10.6. The van der Waals surface area contributed by atoms with Gasteiger partial charge in [-0.15, -0.1) is 0 Å². The van der Waals surface area contributed by atoms with E-state index in [9.17, 15) is 4.39 Å². The Morgan fingerprint density at radius 3 is 2.36 bits per heavy atom. The quantitative estimate of drug-likeness (QED) is 0.730. The lowest BCUT2D eigenvalue weighted by atomic mass is 9.89. The molecule has 0 aliphatic rings. The minimum atomic E-state index is -0.223. The number of H-pyrrole nitrogens is 1. The molecule has 0 amide bonds. The van der Waals surface area contributed by atoms with Crippen molar-refractivity contribution in [1.82, 2.24) is 4.98 Å². The average Bonchev–Trinajstić information content (AvgIpc) is 2.92. The van der Waals surface area contributed by atoms with Crippen molar-refractivity contribution in [2.24, 2.45) is 5.73 Å². The van der Waals surface area contributed by atoms with Gasteiger partial charge in [0.15, 0.2) is 0 Å². The number of aromatic amines is 1. The lowest BCUT2D eigenvalue weighted by Crippen LogP contribution is -2.13. The molecule has 0 spiro atoms. The van der Waals surface area contributed by atoms with Gasteiger partial charge in [-0.3, -0.25) is 0 Å². The normalized spacial score (nSPS) is 13.0. The van der Waals surface area contributed by atoms with Crippen molar-refractivity contribution in [3.05, 3.63) is 71.2 Å². The fourth-order valence-corrected chi connectivity index (χ4v) is 2.96. The third-order valence-electron chi connectivity index (χ3n) is 4.29. The number of halogens is 1. The van der Waals surface area contributed by atoms with Crippen molar-refractivity contribution < 1.29 is 4.39 Å². The van der Waals surface area contributed by atoms with Gasteiger partial charge in [0.25, 0.3) is 0 Å². The van der Waals surface area contributed by atoms with Crippen molar-refractivity contribution in [2.75, 3.05) is 6.54 Å². The van der Waals surface area contributed by atoms with Gasteiger partial charge in [0.05, 0.1) is 0 Å². The Kier molecular flexibility index (Phi) is 3.99. The Hall–Kier alpha value is -2.13. The summed E-state index contributed by atoms with van der Waals surface area (Å²) in [6.07, 6.45) is 1.94. The Bertz CT molecular complexity index is 772. The van der Waals surface area contributed by atoms with E-state index < -0.39 is 0 Å². The number of hydrogen-bond acceptors (Lipinski definition) is 1. The molecular formula is C19H21FN2. The van der Waals surface area contributed by atoms with Crippen LogP contribution in [0.2, 0.25) is 0 Å². The predicted molar refractivity (Wildman–Crippen MR) is 89.7 cm³/mol. The lowest BCUT2D eigenvalue weighted by molar-refractivity contribution is 0.629. The van der Waals surface area contributed by atoms with Gasteiger partial charge in [-0.05, 0) is 40.8 Å². The van der Waals surface area contributed by atoms with Crippen LogP contribution in [0.1, 0.15) is 42.4 Å². The zero-order valence-electron chi connectivity index (χ0n) is 12.9. The van der Waals surface area contributed by atoms with Crippen LogP contribution in [0.3, 0.4) is 0 Å². The zero-order chi connectivity index (χ0) is 15.7. The lowest BCUT2D eigenvalue weighted by Gasteiger charge is -2.16. The minimum absolute atomic E-state index is 0.0664. The van der Waals surface area contributed by atoms with E-state index in [-0.39, 0.29) is 11.7 Å². The van der Waals surface area contributed by atoms with E-state index in [2.05, 4.69) is 43.1 Å². The molecular weight excluding hydrogens is 275 g/mol. The van der Waals surface area contributed by atoms with E-state index in [1.165, 1.54) is 11.6 Å². The molecule has 1 atom stereocenters. The third kappa shape index (κ3) is 2.64. The van der Waals surface area contributed by atoms with Crippen LogP contribution < -0.4 is 5.73 Å². The Morgan fingerprint density at radius 2 is 1.73 bits per heavy atom. The number of aromatic nitrogens is 1. The average molecular weight is 296 g/mol. The van der Waals surface area contributed by atoms with Crippen LogP contribution in [0.25, 0.3) is 10.9 Å². The summed E-state index contributed by atoms with van der Waals surface area (Å²) < 4.78 is 13.6. The standard InChI is InChI=1S/C19H21FN2/c1-12(2)13-3-5-14(6-4-13)17(10-21)18-11-22-19-8-7-15(20)9-16(18)19/h3-9,11-12,17,22H,10,21H2,1-2H3. The Morgan fingerprint density at radius 1 is 1.05 bits per heavy atom. The molecule has 1 heterocycles. The molecule has 3 N–H and O–H groups in total. The van der Waals surface area contributed by atoms with Crippen molar-refractivity contribution in [2.45, 2.75) is 25.7 Å². The Labute approximate surface area is 130 Å². The molecule has 0 radical (unpaired) electrons. The molecule has 0 aliphatic heterocycles. The van der Waals surface area contributed by atoms with Gasteiger partial charge in [-0.25, -0.2) is 4.39 Å². The number of hydrogen-bond donors (Lipinski definition) is 2. The highest BCUT2D eigenvalue weighted by Crippen LogP contribution is 2.31. The van der Waals surface area contributed by atoms with Gasteiger partial charge in [-0.1, -0.05) is 38.1 Å². The van der Waals surface area contributed by atoms with Crippen LogP contribution in [0.4, 0.5) is 4.39 Å². The number of fused-ring (bicyclic) bond motifs is 1. The van der Waals surface area contributed by atoms with E-state index in [1.807, 2.05) is 6.20 Å². The van der Waals surface area contributed by atoms with Gasteiger partial charge in [-0.2, -0.15) is 0 Å². The fourth-order valence-electron chi connectivity index (χ4n) is 2.96. The largest absolute Gasteiger partial charge is 0.361 e. The number of nitrogens with two attached hydrogens (primary N) is 1. The molecule has 1 aromatic heterocycles. The van der Waals surface area contributed by atoms with E-state index >= 15 is 0 Å². The summed E-state index contributed by atoms with van der Waals surface area (Å²) >= 11 is 0. The summed E-state index contributed by atoms with van der Waals surface area (Å²) in [5.41, 5.74) is 10.5. The van der Waals surface area contributed by atoms with Gasteiger partial charge in [0.2, 0.25) is 0 Å². The van der Waals surface area contributed by atoms with Crippen molar-refractivity contribution in [1.29, 1.82) is 0 Å². The van der Waals surface area contributed by atoms with Crippen LogP contribution in [0, 0.1) is 5.82 Å². The monoisotopic (exact) mass is 296 g/mol. The molecule has 0 fully saturated rings. The summed E-state index contributed by atoms with van der Waals surface area (Å²) in [6.45, 7) is 4.85. The van der Waals surface area contributed by atoms with E-state index in [4.69, 9.17) is 5.73 Å². The molecule has 1 unspecified atom stereocenters. The Balaban J connectivity index is 2.04. The maximum absolute atomic E-state index is 13.6. The predicted octanol–water partition coefficient (Wildman–Crippen LogP) is 4.52. The smallest absolute Gasteiger partial charge is 0.123 e. The first-order valence-electron chi connectivity index (χ1n) is 7.66. The summed E-state index contributed by atoms with van der Waals surface area (Å²) in [6, 6.07) is 13.4. The van der Waals surface area contributed by atoms with Crippen molar-refractivity contribution in [3.63, 3.8) is 0 Å². The number of benzene rings is 2. The van der Waals surface area contributed by atoms with Gasteiger partial charge < -0.3 is 10.7 Å². The molecule has 0 saturated carbocycles. The van der Waals surface area contributed by atoms with Crippen LogP contribution in [0.15, 0.2) is 48.7 Å². The molecule has 0 bridgehead atoms. The maximum atomic E-state index is 13.6. The summed E-state index contributed by atoms with van der Waals surface area (Å²) in [4.78, 5) is 3.21. The number of rotatable bonds is 4. The molecule has 3 aromatic rings. The van der Waals surface area contributed by atoms with Crippen molar-refractivity contribution in [3.8, 4) is 0 Å². The first kappa shape index (κ1) is 14.8. The van der Waals surface area contributed by atoms with Gasteiger partial charge in [0.1, 0.15) is 5.82 Å². The summed E-state index contributed by atoms with van der Waals surface area (Å²) in [5, 5.41) is 0.906. The number of nitrogens with one attached hydrogen (secondary N) is 1. The fraction of sp³-hybridized carbons (Fsp3) is 0.263. The van der Waals surface area contributed by atoms with Crippen LogP contribution in [-0.2, 0) is 0 Å². The van der Waals surface area contributed by atoms with Crippen molar-refractivity contribution >= 4 is 10.9 Å². The van der Waals surface area contributed by atoms with Gasteiger partial charge >= 0.3 is 0 Å². The minimum Gasteiger partial charge on any atom is -0.361 e. The third-order valence-corrected chi connectivity index (χ3v) is 4.29. The molecule has 2 aromatic carbocycles. The van der Waals surface area contributed by atoms with Crippen LogP contribution in [0.5, 0.6) is 0 Å². The second-order valence-corrected chi connectivity index (χ2v) is 6.04. The topological polar surface area (TPSA) is 41.8 Å². The summed E-state index contributed by atoms with van der Waals surface area (Å²) in [5.74, 6) is 0.351. The van der Waals surface area contributed by atoms with Crippen LogP contribution in [-0.4, -0.2) is 11.5 Å². The summed E-state index contributed by atoms with van der Waals surface area (Å²) in [7, 11) is 0. The first-order valence-corrected chi connectivity index (χ1v) is 7.66. The van der Waals surface area contributed by atoms with Crippen LogP contribution >= 0.6 is 0 Å². The highest BCUT2D eigenvalue weighted by atomic mass is 19.1. The molecule has 3 heteroatoms. The molecule has 2 nitrogen and oxygen atoms in total. The molecule has 0 aliphatic carbocycles. The molecule has 22 heavy (non-hydrogen) atoms. The van der Waals surface area contributed by atoms with E-state index in [0.29, 0.717) is 12.5 Å². The van der Waals surface area contributed by atoms with E-state index in [0.717, 1.165) is 22.0 Å². The highest BCUT2D eigenvalue weighted by molar-refractivity contribution is 5.84. The molecule has 3 rings (SSSR count). The van der Waals surface area contributed by atoms with E-state index in [1.54, 1.807) is 12.1 Å². The highest BCUT2D eigenvalue weighted by Gasteiger charge is 2.17. The zero-order valence-corrected chi connectivity index (χ0v) is 12.9. The SMILES string of the molecule is CC(C)c1ccc(C(CN)c2c[nH]c3ccc(F)cc23)cc1. The second kappa shape index (κ2) is 5.93. The second-order valence-electron chi connectivity index (χ2n) is 6.04.